The lowest BCUT2D eigenvalue weighted by atomic mass is 10.1. The number of hydrogen-bond acceptors (Lipinski definition) is 2. The van der Waals surface area contributed by atoms with Gasteiger partial charge in [-0.15, -0.1) is 11.3 Å². The van der Waals surface area contributed by atoms with Gasteiger partial charge in [0.15, 0.2) is 0 Å². The van der Waals surface area contributed by atoms with Crippen molar-refractivity contribution >= 4 is 38.7 Å². The van der Waals surface area contributed by atoms with Crippen molar-refractivity contribution < 1.29 is 0 Å². The van der Waals surface area contributed by atoms with Crippen LogP contribution < -0.4 is 0 Å². The average Bonchev–Trinajstić information content (AvgIpc) is 2.59. The number of nitrogens with zero attached hydrogens (tertiary/aromatic N) is 1. The van der Waals surface area contributed by atoms with Gasteiger partial charge in [-0.2, -0.15) is 0 Å². The summed E-state index contributed by atoms with van der Waals surface area (Å²) in [5, 5.41) is 2.39. The fourth-order valence-electron chi connectivity index (χ4n) is 1.59. The standard InChI is InChI=1S/C13H13NS/c1-3-7-11-10-8-5-6-9-12(10)15-13(11)14-4-2/h3-9H,1-2H3/b7-3-,14-4-. The van der Waals surface area contributed by atoms with Crippen LogP contribution in [0.15, 0.2) is 35.3 Å². The SMILES string of the molecule is C/C=C\c1c(/N=C\C)sc2ccccc12. The van der Waals surface area contributed by atoms with Crippen molar-refractivity contribution in [2.75, 3.05) is 0 Å². The molecule has 1 aromatic heterocycles. The fraction of sp³-hybridized carbons (Fsp3) is 0.154. The van der Waals surface area contributed by atoms with E-state index >= 15 is 0 Å². The molecule has 0 N–H and O–H groups in total. The molecule has 0 aliphatic rings. The van der Waals surface area contributed by atoms with Crippen molar-refractivity contribution in [1.82, 2.24) is 0 Å². The molecule has 1 nitrogen and oxygen atoms in total. The summed E-state index contributed by atoms with van der Waals surface area (Å²) in [6, 6.07) is 8.43. The highest BCUT2D eigenvalue weighted by Crippen LogP contribution is 2.38. The molecule has 2 aromatic rings. The molecule has 0 aliphatic heterocycles. The predicted molar refractivity (Wildman–Crippen MR) is 70.4 cm³/mol. The molecule has 0 saturated heterocycles. The van der Waals surface area contributed by atoms with Crippen molar-refractivity contribution in [2.45, 2.75) is 13.8 Å². The molecule has 0 bridgehead atoms. The van der Waals surface area contributed by atoms with Crippen molar-refractivity contribution in [3.8, 4) is 0 Å². The van der Waals surface area contributed by atoms with E-state index in [2.05, 4.69) is 41.4 Å². The van der Waals surface area contributed by atoms with Crippen LogP contribution in [0.5, 0.6) is 0 Å². The van der Waals surface area contributed by atoms with E-state index in [4.69, 9.17) is 0 Å². The van der Waals surface area contributed by atoms with Gasteiger partial charge in [-0.1, -0.05) is 30.4 Å². The van der Waals surface area contributed by atoms with Gasteiger partial charge in [-0.3, -0.25) is 0 Å². The molecule has 0 aliphatic carbocycles. The minimum Gasteiger partial charge on any atom is -0.250 e. The van der Waals surface area contributed by atoms with Gasteiger partial charge in [0.2, 0.25) is 0 Å². The first-order valence-corrected chi connectivity index (χ1v) is 5.81. The zero-order chi connectivity index (χ0) is 10.7. The first kappa shape index (κ1) is 10.1. The molecule has 1 heterocycles. The second-order valence-corrected chi connectivity index (χ2v) is 4.23. The predicted octanol–water partition coefficient (Wildman–Crippen LogP) is 4.66. The number of allylic oxidation sites excluding steroid dienone is 1. The molecule has 0 radical (unpaired) electrons. The Morgan fingerprint density at radius 2 is 2.00 bits per heavy atom. The molecule has 0 amide bonds. The van der Waals surface area contributed by atoms with Crippen LogP contribution in [0.1, 0.15) is 19.4 Å². The largest absolute Gasteiger partial charge is 0.250 e. The van der Waals surface area contributed by atoms with E-state index in [9.17, 15) is 0 Å². The van der Waals surface area contributed by atoms with Gasteiger partial charge in [0.25, 0.3) is 0 Å². The molecule has 0 unspecified atom stereocenters. The summed E-state index contributed by atoms with van der Waals surface area (Å²) in [5.74, 6) is 0. The molecule has 0 fully saturated rings. The van der Waals surface area contributed by atoms with Crippen LogP contribution in [0.25, 0.3) is 16.2 Å². The molecular formula is C13H13NS. The van der Waals surface area contributed by atoms with Gasteiger partial charge in [0.05, 0.1) is 0 Å². The number of aliphatic imine (C=N–C) groups is 1. The van der Waals surface area contributed by atoms with Gasteiger partial charge < -0.3 is 0 Å². The Hall–Kier alpha value is -1.41. The van der Waals surface area contributed by atoms with Crippen LogP contribution >= 0.6 is 11.3 Å². The number of benzene rings is 1. The van der Waals surface area contributed by atoms with Crippen LogP contribution in [0.2, 0.25) is 0 Å². The van der Waals surface area contributed by atoms with Gasteiger partial charge in [0.1, 0.15) is 5.00 Å². The lowest BCUT2D eigenvalue weighted by Crippen LogP contribution is -1.68. The summed E-state index contributed by atoms with van der Waals surface area (Å²) in [6.45, 7) is 3.98. The van der Waals surface area contributed by atoms with Crippen LogP contribution in [0.4, 0.5) is 5.00 Å². The Bertz CT molecular complexity index is 520. The van der Waals surface area contributed by atoms with Crippen LogP contribution in [-0.4, -0.2) is 6.21 Å². The van der Waals surface area contributed by atoms with E-state index in [0.29, 0.717) is 0 Å². The second kappa shape index (κ2) is 4.41. The van der Waals surface area contributed by atoms with Crippen LogP contribution in [0, 0.1) is 0 Å². The van der Waals surface area contributed by atoms with Crippen molar-refractivity contribution in [3.05, 3.63) is 35.9 Å². The highest BCUT2D eigenvalue weighted by molar-refractivity contribution is 7.23. The van der Waals surface area contributed by atoms with E-state index in [1.165, 1.54) is 15.6 Å². The lowest BCUT2D eigenvalue weighted by molar-refractivity contribution is 1.62. The van der Waals surface area contributed by atoms with Gasteiger partial charge in [0, 0.05) is 21.9 Å². The maximum absolute atomic E-state index is 4.40. The number of fused-ring (bicyclic) bond motifs is 1. The average molecular weight is 215 g/mol. The van der Waals surface area contributed by atoms with E-state index in [1.54, 1.807) is 11.3 Å². The third-order valence-electron chi connectivity index (χ3n) is 2.19. The van der Waals surface area contributed by atoms with Gasteiger partial charge in [-0.25, -0.2) is 4.99 Å². The lowest BCUT2D eigenvalue weighted by Gasteiger charge is -1.92. The van der Waals surface area contributed by atoms with Crippen molar-refractivity contribution in [3.63, 3.8) is 0 Å². The molecule has 0 saturated carbocycles. The number of hydrogen-bond donors (Lipinski definition) is 0. The summed E-state index contributed by atoms with van der Waals surface area (Å²) in [4.78, 5) is 4.40. The Kier molecular flexibility index (Phi) is 2.97. The summed E-state index contributed by atoms with van der Waals surface area (Å²) in [6.07, 6.45) is 6.03. The quantitative estimate of drug-likeness (QED) is 0.646. The Morgan fingerprint density at radius 1 is 1.20 bits per heavy atom. The third kappa shape index (κ3) is 1.85. The maximum atomic E-state index is 4.40. The maximum Gasteiger partial charge on any atom is 0.123 e. The molecule has 76 valence electrons. The monoisotopic (exact) mass is 215 g/mol. The first-order chi connectivity index (χ1) is 7.36. The zero-order valence-electron chi connectivity index (χ0n) is 8.90. The smallest absolute Gasteiger partial charge is 0.123 e. The molecule has 2 heteroatoms. The van der Waals surface area contributed by atoms with Gasteiger partial charge >= 0.3 is 0 Å². The van der Waals surface area contributed by atoms with E-state index in [0.717, 1.165) is 5.00 Å². The normalized spacial score (nSPS) is 12.1. The summed E-state index contributed by atoms with van der Waals surface area (Å²) in [7, 11) is 0. The topological polar surface area (TPSA) is 12.4 Å². The van der Waals surface area contributed by atoms with Gasteiger partial charge in [-0.05, 0) is 19.9 Å². The molecule has 1 aromatic carbocycles. The fourth-order valence-corrected chi connectivity index (χ4v) is 2.68. The zero-order valence-corrected chi connectivity index (χ0v) is 9.71. The minimum absolute atomic E-state index is 1.09. The first-order valence-electron chi connectivity index (χ1n) is 4.99. The number of rotatable bonds is 2. The van der Waals surface area contributed by atoms with Crippen molar-refractivity contribution in [2.24, 2.45) is 4.99 Å². The second-order valence-electron chi connectivity index (χ2n) is 3.20. The van der Waals surface area contributed by atoms with Crippen molar-refractivity contribution in [1.29, 1.82) is 0 Å². The molecule has 0 atom stereocenters. The molecular weight excluding hydrogens is 202 g/mol. The Balaban J connectivity index is 2.74. The molecule has 15 heavy (non-hydrogen) atoms. The third-order valence-corrected chi connectivity index (χ3v) is 3.29. The van der Waals surface area contributed by atoms with E-state index in [-0.39, 0.29) is 0 Å². The highest BCUT2D eigenvalue weighted by Gasteiger charge is 2.07. The summed E-state index contributed by atoms with van der Waals surface area (Å²) < 4.78 is 1.30. The summed E-state index contributed by atoms with van der Waals surface area (Å²) >= 11 is 1.74. The Labute approximate surface area is 93.8 Å². The minimum atomic E-state index is 1.09. The van der Waals surface area contributed by atoms with E-state index < -0.39 is 0 Å². The Morgan fingerprint density at radius 3 is 2.73 bits per heavy atom. The van der Waals surface area contributed by atoms with E-state index in [1.807, 2.05) is 20.1 Å². The molecule has 2 rings (SSSR count). The van der Waals surface area contributed by atoms with Crippen LogP contribution in [0.3, 0.4) is 0 Å². The summed E-state index contributed by atoms with van der Waals surface area (Å²) in [5.41, 5.74) is 1.23. The molecule has 0 spiro atoms. The van der Waals surface area contributed by atoms with Crippen LogP contribution in [-0.2, 0) is 0 Å². The highest BCUT2D eigenvalue weighted by atomic mass is 32.1. The number of thiophene rings is 1.